The molecular formula is C14H11NO3S. The van der Waals surface area contributed by atoms with Crippen molar-refractivity contribution in [1.29, 1.82) is 0 Å². The average molecular weight is 273 g/mol. The third-order valence-electron chi connectivity index (χ3n) is 2.85. The van der Waals surface area contributed by atoms with E-state index < -0.39 is 0 Å². The van der Waals surface area contributed by atoms with E-state index in [2.05, 4.69) is 4.98 Å². The van der Waals surface area contributed by atoms with Gasteiger partial charge in [0.25, 0.3) is 0 Å². The van der Waals surface area contributed by atoms with E-state index in [-0.39, 0.29) is 16.6 Å². The van der Waals surface area contributed by atoms with Gasteiger partial charge < -0.3 is 9.52 Å². The molecule has 0 atom stereocenters. The van der Waals surface area contributed by atoms with Crippen LogP contribution in [-0.4, -0.2) is 10.1 Å². The zero-order valence-electron chi connectivity index (χ0n) is 10.4. The predicted octanol–water partition coefficient (Wildman–Crippen LogP) is 3.24. The Morgan fingerprint density at radius 2 is 2.11 bits per heavy atom. The second-order valence-corrected chi connectivity index (χ2v) is 5.29. The Labute approximate surface area is 113 Å². The number of aromatic hydroxyl groups is 1. The molecule has 0 aliphatic carbocycles. The summed E-state index contributed by atoms with van der Waals surface area (Å²) in [5.41, 5.74) is 2.20. The minimum absolute atomic E-state index is 0.0566. The van der Waals surface area contributed by atoms with Gasteiger partial charge in [-0.3, -0.25) is 4.79 Å². The molecule has 0 bridgehead atoms. The zero-order valence-corrected chi connectivity index (χ0v) is 11.2. The third kappa shape index (κ3) is 1.92. The molecule has 1 aromatic carbocycles. The van der Waals surface area contributed by atoms with Crippen LogP contribution in [0.5, 0.6) is 5.75 Å². The van der Waals surface area contributed by atoms with Crippen LogP contribution in [0.25, 0.3) is 21.5 Å². The normalized spacial score (nSPS) is 11.1. The van der Waals surface area contributed by atoms with Gasteiger partial charge in [-0.2, -0.15) is 0 Å². The first-order valence-electron chi connectivity index (χ1n) is 5.74. The highest BCUT2D eigenvalue weighted by Gasteiger charge is 2.15. The van der Waals surface area contributed by atoms with Gasteiger partial charge in [0, 0.05) is 11.1 Å². The molecule has 0 amide bonds. The van der Waals surface area contributed by atoms with Crippen LogP contribution in [0.4, 0.5) is 0 Å². The molecule has 19 heavy (non-hydrogen) atoms. The quantitative estimate of drug-likeness (QED) is 0.739. The first kappa shape index (κ1) is 11.9. The van der Waals surface area contributed by atoms with Crippen molar-refractivity contribution < 1.29 is 9.52 Å². The van der Waals surface area contributed by atoms with Gasteiger partial charge >= 0.3 is 0 Å². The Morgan fingerprint density at radius 1 is 1.32 bits per heavy atom. The highest BCUT2D eigenvalue weighted by atomic mass is 32.1. The Hall–Kier alpha value is -2.14. The SMILES string of the molecule is Cc1cc(O)c2c(=O)c(-c3nc(C)cs3)coc2c1. The summed E-state index contributed by atoms with van der Waals surface area (Å²) in [5.74, 6) is -0.0566. The Balaban J connectivity index is 2.36. The predicted molar refractivity (Wildman–Crippen MR) is 74.7 cm³/mol. The summed E-state index contributed by atoms with van der Waals surface area (Å²) in [6.45, 7) is 3.70. The molecule has 0 aliphatic heterocycles. The molecule has 0 saturated carbocycles. The van der Waals surface area contributed by atoms with E-state index >= 15 is 0 Å². The van der Waals surface area contributed by atoms with Gasteiger partial charge in [-0.25, -0.2) is 4.98 Å². The molecule has 0 saturated heterocycles. The first-order chi connectivity index (χ1) is 9.06. The molecule has 3 rings (SSSR count). The average Bonchev–Trinajstić information content (AvgIpc) is 2.75. The molecule has 0 aliphatic rings. The van der Waals surface area contributed by atoms with Crippen LogP contribution in [0.15, 0.2) is 33.0 Å². The fourth-order valence-electron chi connectivity index (χ4n) is 1.99. The molecule has 0 fully saturated rings. The van der Waals surface area contributed by atoms with Crippen molar-refractivity contribution in [2.24, 2.45) is 0 Å². The topological polar surface area (TPSA) is 63.3 Å². The van der Waals surface area contributed by atoms with Crippen molar-refractivity contribution in [3.8, 4) is 16.3 Å². The second kappa shape index (κ2) is 4.20. The molecular weight excluding hydrogens is 262 g/mol. The number of aromatic nitrogens is 1. The summed E-state index contributed by atoms with van der Waals surface area (Å²) in [4.78, 5) is 16.7. The standard InChI is InChI=1S/C14H11NO3S/c1-7-3-10(16)12-11(4-7)18-5-9(13(12)17)14-15-8(2)6-19-14/h3-6,16H,1-2H3. The lowest BCUT2D eigenvalue weighted by Gasteiger charge is -2.03. The fourth-order valence-corrected chi connectivity index (χ4v) is 2.79. The Kier molecular flexibility index (Phi) is 2.64. The van der Waals surface area contributed by atoms with E-state index in [9.17, 15) is 9.90 Å². The lowest BCUT2D eigenvalue weighted by atomic mass is 10.1. The maximum absolute atomic E-state index is 12.4. The number of hydrogen-bond donors (Lipinski definition) is 1. The van der Waals surface area contributed by atoms with Crippen LogP contribution in [-0.2, 0) is 0 Å². The maximum Gasteiger partial charge on any atom is 0.206 e. The second-order valence-electron chi connectivity index (χ2n) is 4.43. The zero-order chi connectivity index (χ0) is 13.6. The van der Waals surface area contributed by atoms with Gasteiger partial charge in [0.2, 0.25) is 5.43 Å². The number of thiazole rings is 1. The van der Waals surface area contributed by atoms with Gasteiger partial charge in [0.15, 0.2) is 0 Å². The minimum Gasteiger partial charge on any atom is -0.507 e. The van der Waals surface area contributed by atoms with Crippen molar-refractivity contribution in [3.63, 3.8) is 0 Å². The molecule has 0 unspecified atom stereocenters. The minimum atomic E-state index is -0.256. The van der Waals surface area contributed by atoms with Crippen LogP contribution in [0.3, 0.4) is 0 Å². The van der Waals surface area contributed by atoms with E-state index in [0.717, 1.165) is 11.3 Å². The summed E-state index contributed by atoms with van der Waals surface area (Å²) in [5, 5.41) is 12.6. The molecule has 5 heteroatoms. The summed E-state index contributed by atoms with van der Waals surface area (Å²) >= 11 is 1.38. The molecule has 3 aromatic rings. The number of aryl methyl sites for hydroxylation is 2. The highest BCUT2D eigenvalue weighted by Crippen LogP contribution is 2.28. The number of fused-ring (bicyclic) bond motifs is 1. The van der Waals surface area contributed by atoms with E-state index in [1.54, 1.807) is 12.1 Å². The van der Waals surface area contributed by atoms with E-state index in [1.165, 1.54) is 17.6 Å². The van der Waals surface area contributed by atoms with Crippen molar-refractivity contribution in [3.05, 3.63) is 45.3 Å². The van der Waals surface area contributed by atoms with E-state index in [4.69, 9.17) is 4.42 Å². The van der Waals surface area contributed by atoms with Gasteiger partial charge in [0.05, 0.1) is 5.56 Å². The van der Waals surface area contributed by atoms with Crippen molar-refractivity contribution in [1.82, 2.24) is 4.98 Å². The fraction of sp³-hybridized carbons (Fsp3) is 0.143. The van der Waals surface area contributed by atoms with Gasteiger partial charge in [-0.1, -0.05) is 0 Å². The third-order valence-corrected chi connectivity index (χ3v) is 3.84. The van der Waals surface area contributed by atoms with Crippen LogP contribution in [0.2, 0.25) is 0 Å². The molecule has 4 nitrogen and oxygen atoms in total. The first-order valence-corrected chi connectivity index (χ1v) is 6.62. The summed E-state index contributed by atoms with van der Waals surface area (Å²) < 4.78 is 5.46. The maximum atomic E-state index is 12.4. The van der Waals surface area contributed by atoms with Crippen LogP contribution in [0, 0.1) is 13.8 Å². The van der Waals surface area contributed by atoms with Gasteiger partial charge in [-0.15, -0.1) is 11.3 Å². The van der Waals surface area contributed by atoms with Crippen molar-refractivity contribution in [2.75, 3.05) is 0 Å². The molecule has 2 aromatic heterocycles. The summed E-state index contributed by atoms with van der Waals surface area (Å²) in [6.07, 6.45) is 1.40. The number of benzene rings is 1. The van der Waals surface area contributed by atoms with Gasteiger partial charge in [-0.05, 0) is 31.5 Å². The van der Waals surface area contributed by atoms with Crippen molar-refractivity contribution >= 4 is 22.3 Å². The van der Waals surface area contributed by atoms with Crippen LogP contribution < -0.4 is 5.43 Å². The Bertz CT molecular complexity index is 832. The van der Waals surface area contributed by atoms with Crippen LogP contribution in [0.1, 0.15) is 11.3 Å². The van der Waals surface area contributed by atoms with E-state index in [0.29, 0.717) is 16.2 Å². The largest absolute Gasteiger partial charge is 0.507 e. The summed E-state index contributed by atoms with van der Waals surface area (Å²) in [6, 6.07) is 3.28. The van der Waals surface area contributed by atoms with Crippen molar-refractivity contribution in [2.45, 2.75) is 13.8 Å². The number of phenolic OH excluding ortho intramolecular Hbond substituents is 1. The van der Waals surface area contributed by atoms with E-state index in [1.807, 2.05) is 19.2 Å². The number of phenols is 1. The lowest BCUT2D eigenvalue weighted by Crippen LogP contribution is -2.05. The molecule has 0 radical (unpaired) electrons. The van der Waals surface area contributed by atoms with Gasteiger partial charge in [0.1, 0.15) is 28.0 Å². The smallest absolute Gasteiger partial charge is 0.206 e. The number of nitrogens with zero attached hydrogens (tertiary/aromatic N) is 1. The lowest BCUT2D eigenvalue weighted by molar-refractivity contribution is 0.479. The molecule has 2 heterocycles. The number of rotatable bonds is 1. The summed E-state index contributed by atoms with van der Waals surface area (Å²) in [7, 11) is 0. The Morgan fingerprint density at radius 3 is 2.79 bits per heavy atom. The molecule has 1 N–H and O–H groups in total. The monoisotopic (exact) mass is 273 g/mol. The number of hydrogen-bond acceptors (Lipinski definition) is 5. The highest BCUT2D eigenvalue weighted by molar-refractivity contribution is 7.13. The van der Waals surface area contributed by atoms with Crippen LogP contribution >= 0.6 is 11.3 Å². The molecule has 96 valence electrons. The molecule has 0 spiro atoms.